The van der Waals surface area contributed by atoms with Crippen LogP contribution in [0.3, 0.4) is 0 Å². The summed E-state index contributed by atoms with van der Waals surface area (Å²) in [6.07, 6.45) is -0.858. The first-order valence-electron chi connectivity index (χ1n) is 21.8. The molecule has 0 spiro atoms. The molecule has 11 atom stereocenters. The van der Waals surface area contributed by atoms with E-state index >= 15 is 0 Å². The van der Waals surface area contributed by atoms with E-state index in [1.54, 1.807) is 27.9 Å². The number of hydrogen-bond donors (Lipinski definition) is 1. The molecule has 0 unspecified atom stereocenters. The summed E-state index contributed by atoms with van der Waals surface area (Å²) in [4.78, 5) is 41.6. The summed E-state index contributed by atoms with van der Waals surface area (Å²) < 4.78 is 32.0. The van der Waals surface area contributed by atoms with Crippen LogP contribution < -0.4 is 10.2 Å². The van der Waals surface area contributed by atoms with Gasteiger partial charge in [0.15, 0.2) is 13.7 Å². The van der Waals surface area contributed by atoms with Crippen molar-refractivity contribution < 1.29 is 37.7 Å². The van der Waals surface area contributed by atoms with Gasteiger partial charge in [-0.15, -0.1) is 0 Å². The molecule has 0 fully saturated rings. The number of ketones is 1. The normalized spacial score (nSPS) is 18.0. The third-order valence-electron chi connectivity index (χ3n) is 13.3. The van der Waals surface area contributed by atoms with Gasteiger partial charge in [0, 0.05) is 47.1 Å². The molecular weight excluding hydrogens is 737 g/mol. The maximum Gasteiger partial charge on any atom is 0.308 e. The molecular formula is C47H78O9Si. The van der Waals surface area contributed by atoms with Gasteiger partial charge in [0.25, 0.3) is 0 Å². The van der Waals surface area contributed by atoms with E-state index in [1.807, 2.05) is 72.7 Å². The van der Waals surface area contributed by atoms with Crippen LogP contribution in [-0.4, -0.2) is 56.7 Å². The van der Waals surface area contributed by atoms with E-state index in [1.165, 1.54) is 0 Å². The highest BCUT2D eigenvalue weighted by atomic mass is 28.4. The van der Waals surface area contributed by atoms with Gasteiger partial charge in [0.05, 0.1) is 37.9 Å². The molecule has 2 rings (SSSR count). The van der Waals surface area contributed by atoms with Gasteiger partial charge in [-0.3, -0.25) is 14.4 Å². The Bertz CT molecular complexity index is 1590. The first-order valence-corrected chi connectivity index (χ1v) is 24.3. The molecule has 2 aromatic rings. The molecule has 0 amide bonds. The second-order valence-electron chi connectivity index (χ2n) is 16.8. The van der Waals surface area contributed by atoms with Crippen molar-refractivity contribution in [2.45, 2.75) is 178 Å². The Morgan fingerprint density at radius 1 is 0.772 bits per heavy atom. The van der Waals surface area contributed by atoms with Crippen molar-refractivity contribution in [2.75, 3.05) is 7.11 Å². The minimum Gasteiger partial charge on any atom is -0.497 e. The molecule has 9 nitrogen and oxygen atoms in total. The minimum absolute atomic E-state index is 0.0599. The number of Topliss-reactive ketones (excluding diaryl/α,β-unsaturated/α-hetero) is 1. The average molecular weight is 815 g/mol. The zero-order valence-electron chi connectivity index (χ0n) is 38.3. The van der Waals surface area contributed by atoms with Crippen molar-refractivity contribution in [1.82, 2.24) is 0 Å². The van der Waals surface area contributed by atoms with Gasteiger partial charge in [-0.2, -0.15) is 0 Å². The molecule has 0 aliphatic rings. The zero-order chi connectivity index (χ0) is 43.4. The molecule has 0 aliphatic carbocycles. The lowest BCUT2D eigenvalue weighted by atomic mass is 9.75. The summed E-state index contributed by atoms with van der Waals surface area (Å²) >= 11 is 0. The fourth-order valence-electron chi connectivity index (χ4n) is 8.32. The molecule has 0 bridgehead atoms. The molecule has 0 saturated carbocycles. The van der Waals surface area contributed by atoms with Crippen molar-refractivity contribution in [3.8, 4) is 5.75 Å². The lowest BCUT2D eigenvalue weighted by Gasteiger charge is -2.41. The highest BCUT2D eigenvalue weighted by Gasteiger charge is 2.45. The standard InChI is InChI=1S/C47H78O9Si/c1-17-28(7)43(56-57(20-4,21-5)22-6)32(11)41(49)31(10)42(50)34(13)46(55-47(51)29(8)18-2)36(15)44(53-27-37-23-25-38(52-16)26-24-37)35(14)45-33(12)40(48)30(9)39(19-3)54-45/h23-26,28-29,31-32,34-36,42-44,46,50H,17-22,27H2,1-16H3/t28-,29-,31+,32-,34-,35-,36-,42+,43-,44+,46-/m0/s1. The fourth-order valence-corrected chi connectivity index (χ4v) is 11.3. The number of ether oxygens (including phenoxy) is 3. The first kappa shape index (κ1) is 50.4. The molecule has 1 heterocycles. The smallest absolute Gasteiger partial charge is 0.308 e. The number of esters is 1. The molecule has 324 valence electrons. The molecule has 1 aromatic carbocycles. The second-order valence-corrected chi connectivity index (χ2v) is 21.6. The van der Waals surface area contributed by atoms with Crippen LogP contribution in [0.15, 0.2) is 33.5 Å². The van der Waals surface area contributed by atoms with Gasteiger partial charge in [0.1, 0.15) is 29.2 Å². The Morgan fingerprint density at radius 2 is 1.35 bits per heavy atom. The number of hydrogen-bond acceptors (Lipinski definition) is 9. The van der Waals surface area contributed by atoms with Crippen LogP contribution in [0.1, 0.15) is 137 Å². The largest absolute Gasteiger partial charge is 0.497 e. The topological polar surface area (TPSA) is 122 Å². The average Bonchev–Trinajstić information content (AvgIpc) is 3.23. The fraction of sp³-hybridized carbons (Fsp3) is 0.723. The number of rotatable bonds is 25. The molecule has 10 heteroatoms. The number of aliphatic hydroxyl groups is 1. The summed E-state index contributed by atoms with van der Waals surface area (Å²) in [5.74, 6) is -1.59. The van der Waals surface area contributed by atoms with Crippen molar-refractivity contribution in [2.24, 2.45) is 35.5 Å². The molecule has 0 radical (unpaired) electrons. The Balaban J connectivity index is 2.66. The lowest BCUT2D eigenvalue weighted by molar-refractivity contribution is -0.170. The van der Waals surface area contributed by atoms with Crippen LogP contribution in [0.2, 0.25) is 18.1 Å². The Hall–Kier alpha value is -2.79. The van der Waals surface area contributed by atoms with Crippen LogP contribution in [0.25, 0.3) is 0 Å². The first-order chi connectivity index (χ1) is 26.8. The van der Waals surface area contributed by atoms with Crippen molar-refractivity contribution in [3.05, 3.63) is 62.7 Å². The SMILES string of the molecule is CCc1oc([C@@H](C)[C@@H](OCc2ccc(OC)cc2)[C@H](C)[C@@H](OC(=O)[C@@H](C)CC)[C@@H](C)[C@H](O)[C@H](C)C(=O)[C@H](C)[C@@H](O[Si](CC)(CC)CC)[C@@H](C)CC)c(C)c(=O)c1C. The van der Waals surface area contributed by atoms with E-state index in [0.29, 0.717) is 35.5 Å². The summed E-state index contributed by atoms with van der Waals surface area (Å²) in [6, 6.07) is 10.6. The zero-order valence-corrected chi connectivity index (χ0v) is 39.3. The van der Waals surface area contributed by atoms with E-state index in [0.717, 1.165) is 35.9 Å². The number of benzene rings is 1. The van der Waals surface area contributed by atoms with Gasteiger partial charge in [-0.1, -0.05) is 109 Å². The number of carbonyl (C=O) groups is 2. The summed E-state index contributed by atoms with van der Waals surface area (Å²) in [7, 11) is -0.425. The number of aliphatic hydroxyl groups excluding tert-OH is 1. The molecule has 0 aliphatic heterocycles. The maximum atomic E-state index is 14.5. The second kappa shape index (κ2) is 23.1. The van der Waals surface area contributed by atoms with E-state index in [9.17, 15) is 19.5 Å². The third-order valence-corrected chi connectivity index (χ3v) is 18.0. The Morgan fingerprint density at radius 3 is 1.84 bits per heavy atom. The number of aryl methyl sites for hydroxylation is 1. The van der Waals surface area contributed by atoms with E-state index in [4.69, 9.17) is 23.1 Å². The van der Waals surface area contributed by atoms with Crippen molar-refractivity contribution >= 4 is 20.1 Å². The quantitative estimate of drug-likeness (QED) is 0.0771. The lowest BCUT2D eigenvalue weighted by Crippen LogP contribution is -2.50. The predicted molar refractivity (Wildman–Crippen MR) is 232 cm³/mol. The molecule has 1 aromatic heterocycles. The van der Waals surface area contributed by atoms with E-state index in [2.05, 4.69) is 34.6 Å². The Kier molecular flexibility index (Phi) is 20.4. The number of methoxy groups -OCH3 is 1. The highest BCUT2D eigenvalue weighted by Crippen LogP contribution is 2.38. The Labute approximate surface area is 346 Å². The van der Waals surface area contributed by atoms with Crippen molar-refractivity contribution in [1.29, 1.82) is 0 Å². The monoisotopic (exact) mass is 815 g/mol. The van der Waals surface area contributed by atoms with Gasteiger partial charge in [-0.05, 0) is 62.0 Å². The van der Waals surface area contributed by atoms with E-state index in [-0.39, 0.29) is 41.7 Å². The molecule has 1 N–H and O–H groups in total. The minimum atomic E-state index is -2.04. The van der Waals surface area contributed by atoms with Crippen LogP contribution >= 0.6 is 0 Å². The van der Waals surface area contributed by atoms with Crippen LogP contribution in [0.4, 0.5) is 0 Å². The van der Waals surface area contributed by atoms with Crippen LogP contribution in [-0.2, 0) is 36.5 Å². The maximum absolute atomic E-state index is 14.5. The summed E-state index contributed by atoms with van der Waals surface area (Å²) in [5, 5.41) is 12.2. The van der Waals surface area contributed by atoms with Crippen LogP contribution in [0, 0.1) is 49.4 Å². The van der Waals surface area contributed by atoms with Crippen molar-refractivity contribution in [3.63, 3.8) is 0 Å². The van der Waals surface area contributed by atoms with Gasteiger partial charge < -0.3 is 28.2 Å². The number of carbonyl (C=O) groups excluding carboxylic acids is 2. The predicted octanol–water partition coefficient (Wildman–Crippen LogP) is 10.4. The molecule has 57 heavy (non-hydrogen) atoms. The van der Waals surface area contributed by atoms with Gasteiger partial charge in [-0.25, -0.2) is 0 Å². The van der Waals surface area contributed by atoms with Gasteiger partial charge in [0.2, 0.25) is 0 Å². The van der Waals surface area contributed by atoms with E-state index < -0.39 is 56.2 Å². The summed E-state index contributed by atoms with van der Waals surface area (Å²) in [5.41, 5.74) is 1.94. The summed E-state index contributed by atoms with van der Waals surface area (Å²) in [6.45, 7) is 29.9. The third kappa shape index (κ3) is 12.4. The highest BCUT2D eigenvalue weighted by molar-refractivity contribution is 6.73. The molecule has 0 saturated heterocycles. The van der Waals surface area contributed by atoms with Crippen LogP contribution in [0.5, 0.6) is 5.75 Å². The van der Waals surface area contributed by atoms with Gasteiger partial charge >= 0.3 is 5.97 Å².